The maximum Gasteiger partial charge on any atom is 0.331 e. The maximum absolute atomic E-state index is 12.3. The van der Waals surface area contributed by atoms with Gasteiger partial charge in [-0.1, -0.05) is 11.6 Å². The second kappa shape index (κ2) is 3.66. The Morgan fingerprint density at radius 3 is 2.72 bits per heavy atom. The number of nitrogens with zero attached hydrogens (tertiary/aromatic N) is 2. The van der Waals surface area contributed by atoms with E-state index in [0.29, 0.717) is 18.6 Å². The van der Waals surface area contributed by atoms with Crippen molar-refractivity contribution in [1.29, 1.82) is 0 Å². The van der Waals surface area contributed by atoms with Crippen LogP contribution in [-0.4, -0.2) is 27.9 Å². The Labute approximate surface area is 102 Å². The largest absolute Gasteiger partial charge is 0.359 e. The second-order valence-corrected chi connectivity index (χ2v) is 4.56. The van der Waals surface area contributed by atoms with Gasteiger partial charge in [0.1, 0.15) is 5.41 Å². The number of nitrogens with one attached hydrogen (secondary N) is 1. The summed E-state index contributed by atoms with van der Waals surface area (Å²) in [5.74, 6) is -0.501. The predicted molar refractivity (Wildman–Crippen MR) is 56.9 cm³/mol. The van der Waals surface area contributed by atoms with Crippen LogP contribution in [0.25, 0.3) is 0 Å². The molecule has 2 aliphatic rings. The van der Waals surface area contributed by atoms with Crippen LogP contribution in [-0.2, 0) is 16.1 Å². The summed E-state index contributed by atoms with van der Waals surface area (Å²) in [6.45, 7) is -0.000301. The molecule has 0 bridgehead atoms. The van der Waals surface area contributed by atoms with E-state index in [1.807, 2.05) is 0 Å². The Hall–Kier alpha value is -2.18. The lowest BCUT2D eigenvalue weighted by Gasteiger charge is -2.44. The number of urea groups is 1. The van der Waals surface area contributed by atoms with Gasteiger partial charge in [-0.05, 0) is 12.8 Å². The van der Waals surface area contributed by atoms with E-state index in [1.54, 1.807) is 6.07 Å². The minimum absolute atomic E-state index is 0.000301. The van der Waals surface area contributed by atoms with E-state index in [1.165, 1.54) is 6.20 Å². The first-order chi connectivity index (χ1) is 8.63. The Morgan fingerprint density at radius 2 is 2.17 bits per heavy atom. The van der Waals surface area contributed by atoms with Gasteiger partial charge in [-0.15, -0.1) is 0 Å². The van der Waals surface area contributed by atoms with Gasteiger partial charge in [0.2, 0.25) is 11.8 Å². The molecule has 1 aliphatic carbocycles. The van der Waals surface area contributed by atoms with Crippen molar-refractivity contribution in [3.8, 4) is 0 Å². The van der Waals surface area contributed by atoms with Crippen LogP contribution < -0.4 is 5.32 Å². The van der Waals surface area contributed by atoms with Crippen LogP contribution >= 0.6 is 0 Å². The van der Waals surface area contributed by atoms with Crippen LogP contribution in [0.15, 0.2) is 16.8 Å². The minimum Gasteiger partial charge on any atom is -0.359 e. The first-order valence-corrected chi connectivity index (χ1v) is 5.70. The topological polar surface area (TPSA) is 92.5 Å². The number of imide groups is 2. The standard InChI is InChI=1S/C11H11N3O4/c15-8-11(3-1-4-11)9(16)14(10(17)13-8)6-7-2-5-12-18-7/h2,5H,1,3-4,6H2,(H,13,15,17). The zero-order chi connectivity index (χ0) is 12.8. The van der Waals surface area contributed by atoms with Crippen molar-refractivity contribution in [1.82, 2.24) is 15.4 Å². The SMILES string of the molecule is O=C1NC(=O)C2(CCC2)C(=O)N1Cc1ccno1. The third-order valence-corrected chi connectivity index (χ3v) is 3.57. The van der Waals surface area contributed by atoms with E-state index in [4.69, 9.17) is 4.52 Å². The Balaban J connectivity index is 1.87. The lowest BCUT2D eigenvalue weighted by Crippen LogP contribution is -2.65. The van der Waals surface area contributed by atoms with Gasteiger partial charge in [0.15, 0.2) is 5.76 Å². The van der Waals surface area contributed by atoms with Crippen LogP contribution in [0.1, 0.15) is 25.0 Å². The normalized spacial score (nSPS) is 22.0. The molecule has 7 nitrogen and oxygen atoms in total. The maximum atomic E-state index is 12.3. The Bertz CT molecular complexity index is 518. The molecule has 1 aromatic heterocycles. The molecule has 1 aliphatic heterocycles. The van der Waals surface area contributed by atoms with Crippen molar-refractivity contribution in [2.75, 3.05) is 0 Å². The van der Waals surface area contributed by atoms with Crippen LogP contribution in [0, 0.1) is 5.41 Å². The molecule has 94 valence electrons. The van der Waals surface area contributed by atoms with E-state index in [9.17, 15) is 14.4 Å². The van der Waals surface area contributed by atoms with Crippen molar-refractivity contribution in [2.24, 2.45) is 5.41 Å². The monoisotopic (exact) mass is 249 g/mol. The summed E-state index contributed by atoms with van der Waals surface area (Å²) in [5, 5.41) is 5.74. The van der Waals surface area contributed by atoms with Gasteiger partial charge < -0.3 is 4.52 Å². The fraction of sp³-hybridized carbons (Fsp3) is 0.455. The lowest BCUT2D eigenvalue weighted by molar-refractivity contribution is -0.158. The molecular weight excluding hydrogens is 238 g/mol. The number of aromatic nitrogens is 1. The number of rotatable bonds is 2. The Kier molecular flexibility index (Phi) is 2.22. The second-order valence-electron chi connectivity index (χ2n) is 4.56. The molecule has 1 saturated heterocycles. The van der Waals surface area contributed by atoms with Crippen molar-refractivity contribution >= 4 is 17.8 Å². The number of carbonyl (C=O) groups excluding carboxylic acids is 3. The van der Waals surface area contributed by atoms with E-state index in [0.717, 1.165) is 11.3 Å². The highest BCUT2D eigenvalue weighted by molar-refractivity contribution is 6.19. The average Bonchev–Trinajstić information content (AvgIpc) is 2.74. The van der Waals surface area contributed by atoms with Gasteiger partial charge in [-0.2, -0.15) is 0 Å². The molecular formula is C11H11N3O4. The molecule has 1 spiro atoms. The number of carbonyl (C=O) groups is 3. The first-order valence-electron chi connectivity index (χ1n) is 5.70. The molecule has 18 heavy (non-hydrogen) atoms. The summed E-state index contributed by atoms with van der Waals surface area (Å²) in [6, 6.07) is 0.878. The number of amides is 4. The number of barbiturate groups is 1. The van der Waals surface area contributed by atoms with E-state index < -0.39 is 23.3 Å². The molecule has 3 rings (SSSR count). The van der Waals surface area contributed by atoms with Gasteiger partial charge in [-0.25, -0.2) is 4.79 Å². The van der Waals surface area contributed by atoms with Crippen molar-refractivity contribution in [3.05, 3.63) is 18.0 Å². The van der Waals surface area contributed by atoms with Crippen molar-refractivity contribution < 1.29 is 18.9 Å². The van der Waals surface area contributed by atoms with E-state index in [-0.39, 0.29) is 6.54 Å². The molecule has 1 saturated carbocycles. The molecule has 1 aromatic rings. The van der Waals surface area contributed by atoms with Crippen molar-refractivity contribution in [3.63, 3.8) is 0 Å². The van der Waals surface area contributed by atoms with Crippen LogP contribution in [0.4, 0.5) is 4.79 Å². The summed E-state index contributed by atoms with van der Waals surface area (Å²) in [7, 11) is 0. The van der Waals surface area contributed by atoms with Crippen molar-refractivity contribution in [2.45, 2.75) is 25.8 Å². The van der Waals surface area contributed by atoms with Crippen LogP contribution in [0.2, 0.25) is 0 Å². The lowest BCUT2D eigenvalue weighted by atomic mass is 9.66. The van der Waals surface area contributed by atoms with E-state index in [2.05, 4.69) is 10.5 Å². The highest BCUT2D eigenvalue weighted by Gasteiger charge is 2.57. The summed E-state index contributed by atoms with van der Waals surface area (Å²) < 4.78 is 4.87. The van der Waals surface area contributed by atoms with Gasteiger partial charge in [0.05, 0.1) is 12.7 Å². The fourth-order valence-electron chi connectivity index (χ4n) is 2.33. The molecule has 0 atom stereocenters. The molecule has 2 heterocycles. The van der Waals surface area contributed by atoms with Gasteiger partial charge in [0, 0.05) is 6.07 Å². The molecule has 1 N–H and O–H groups in total. The number of hydrogen-bond acceptors (Lipinski definition) is 5. The minimum atomic E-state index is -1.03. The fourth-order valence-corrected chi connectivity index (χ4v) is 2.33. The van der Waals surface area contributed by atoms with Gasteiger partial charge in [0.25, 0.3) is 0 Å². The molecule has 2 fully saturated rings. The molecule has 0 aromatic carbocycles. The third kappa shape index (κ3) is 1.36. The van der Waals surface area contributed by atoms with Crippen LogP contribution in [0.3, 0.4) is 0 Å². The third-order valence-electron chi connectivity index (χ3n) is 3.57. The highest BCUT2D eigenvalue weighted by Crippen LogP contribution is 2.44. The van der Waals surface area contributed by atoms with Crippen LogP contribution in [0.5, 0.6) is 0 Å². The molecule has 4 amide bonds. The predicted octanol–water partition coefficient (Wildman–Crippen LogP) is 0.423. The molecule has 0 unspecified atom stereocenters. The summed E-state index contributed by atoms with van der Waals surface area (Å²) >= 11 is 0. The van der Waals surface area contributed by atoms with E-state index >= 15 is 0 Å². The summed E-state index contributed by atoms with van der Waals surface area (Å²) in [5.41, 5.74) is -1.03. The smallest absolute Gasteiger partial charge is 0.331 e. The Morgan fingerprint density at radius 1 is 1.39 bits per heavy atom. The quantitative estimate of drug-likeness (QED) is 0.767. The number of hydrogen-bond donors (Lipinski definition) is 1. The molecule has 0 radical (unpaired) electrons. The van der Waals surface area contributed by atoms with Gasteiger partial charge >= 0.3 is 6.03 Å². The summed E-state index contributed by atoms with van der Waals surface area (Å²) in [6.07, 6.45) is 3.26. The first kappa shape index (κ1) is 10.9. The zero-order valence-electron chi connectivity index (χ0n) is 9.51. The summed E-state index contributed by atoms with van der Waals surface area (Å²) in [4.78, 5) is 36.7. The molecule has 7 heteroatoms. The highest BCUT2D eigenvalue weighted by atomic mass is 16.5. The average molecular weight is 249 g/mol. The zero-order valence-corrected chi connectivity index (χ0v) is 9.51. The van der Waals surface area contributed by atoms with Gasteiger partial charge in [-0.3, -0.25) is 19.8 Å².